The average Bonchev–Trinajstić information content (AvgIpc) is 2.44. The molecule has 1 aromatic carbocycles. The Morgan fingerprint density at radius 1 is 1.09 bits per heavy atom. The average molecular weight is 313 g/mol. The summed E-state index contributed by atoms with van der Waals surface area (Å²) < 4.78 is 2.07. The molecular weight excluding hydrogens is 296 g/mol. The number of halogens is 1. The first-order chi connectivity index (χ1) is 10.4. The lowest BCUT2D eigenvalue weighted by molar-refractivity contribution is 0.997. The van der Waals surface area contributed by atoms with Crippen molar-refractivity contribution in [2.24, 2.45) is 0 Å². The zero-order valence-electron chi connectivity index (χ0n) is 13.1. The van der Waals surface area contributed by atoms with Gasteiger partial charge in [-0.05, 0) is 44.9 Å². The van der Waals surface area contributed by atoms with E-state index in [1.807, 2.05) is 45.9 Å². The highest BCUT2D eigenvalue weighted by Crippen LogP contribution is 2.30. The van der Waals surface area contributed by atoms with Crippen LogP contribution in [-0.4, -0.2) is 9.55 Å². The van der Waals surface area contributed by atoms with Crippen molar-refractivity contribution in [1.29, 1.82) is 0 Å². The molecule has 0 aliphatic rings. The number of pyridine rings is 2. The van der Waals surface area contributed by atoms with E-state index in [1.165, 1.54) is 0 Å². The van der Waals surface area contributed by atoms with Crippen LogP contribution in [-0.2, 0) is 0 Å². The van der Waals surface area contributed by atoms with Gasteiger partial charge in [0.2, 0.25) is 0 Å². The van der Waals surface area contributed by atoms with E-state index in [4.69, 9.17) is 11.6 Å². The molecule has 0 spiro atoms. The number of hydrogen-bond acceptors (Lipinski definition) is 2. The lowest BCUT2D eigenvalue weighted by atomic mass is 10.1. The second kappa shape index (κ2) is 5.25. The van der Waals surface area contributed by atoms with Gasteiger partial charge in [0.05, 0.1) is 27.3 Å². The number of aryl methyl sites for hydroxylation is 4. The first-order valence-electron chi connectivity index (χ1n) is 7.16. The molecule has 22 heavy (non-hydrogen) atoms. The highest BCUT2D eigenvalue weighted by atomic mass is 35.5. The summed E-state index contributed by atoms with van der Waals surface area (Å²) in [5, 5.41) is 1.33. The van der Waals surface area contributed by atoms with E-state index in [9.17, 15) is 4.79 Å². The highest BCUT2D eigenvalue weighted by molar-refractivity contribution is 6.32. The zero-order chi connectivity index (χ0) is 16.0. The van der Waals surface area contributed by atoms with Gasteiger partial charge in [-0.3, -0.25) is 9.78 Å². The molecule has 0 aliphatic carbocycles. The Bertz CT molecular complexity index is 937. The number of hydrogen-bond donors (Lipinski definition) is 0. The number of benzene rings is 1. The number of rotatable bonds is 1. The molecule has 3 aromatic rings. The summed E-state index contributed by atoms with van der Waals surface area (Å²) in [6.45, 7) is 7.78. The van der Waals surface area contributed by atoms with Gasteiger partial charge in [0, 0.05) is 18.0 Å². The van der Waals surface area contributed by atoms with Crippen molar-refractivity contribution in [3.63, 3.8) is 0 Å². The molecule has 2 aromatic heterocycles. The van der Waals surface area contributed by atoms with Gasteiger partial charge in [-0.1, -0.05) is 23.7 Å². The monoisotopic (exact) mass is 312 g/mol. The summed E-state index contributed by atoms with van der Waals surface area (Å²) in [7, 11) is 0. The first kappa shape index (κ1) is 14.8. The summed E-state index contributed by atoms with van der Waals surface area (Å²) in [4.78, 5) is 16.8. The van der Waals surface area contributed by atoms with Crippen LogP contribution in [0.5, 0.6) is 0 Å². The molecule has 2 heterocycles. The predicted molar refractivity (Wildman–Crippen MR) is 91.3 cm³/mol. The molecule has 0 fully saturated rings. The maximum Gasteiger partial charge on any atom is 0.191 e. The largest absolute Gasteiger partial charge is 0.311 e. The van der Waals surface area contributed by atoms with E-state index in [1.54, 1.807) is 12.3 Å². The zero-order valence-corrected chi connectivity index (χ0v) is 13.8. The minimum atomic E-state index is 0.00200. The van der Waals surface area contributed by atoms with E-state index in [-0.39, 0.29) is 5.43 Å². The number of aromatic nitrogens is 2. The van der Waals surface area contributed by atoms with Crippen LogP contribution in [0, 0.1) is 27.7 Å². The van der Waals surface area contributed by atoms with Crippen LogP contribution in [0.4, 0.5) is 0 Å². The molecule has 0 aliphatic heterocycles. The van der Waals surface area contributed by atoms with Crippen molar-refractivity contribution in [3.05, 3.63) is 68.2 Å². The summed E-state index contributed by atoms with van der Waals surface area (Å²) in [5.74, 6) is 0. The van der Waals surface area contributed by atoms with Crippen LogP contribution in [0.15, 0.2) is 35.3 Å². The van der Waals surface area contributed by atoms with Gasteiger partial charge in [0.1, 0.15) is 0 Å². The molecule has 0 amide bonds. The van der Waals surface area contributed by atoms with E-state index in [2.05, 4.69) is 9.55 Å². The molecule has 0 atom stereocenters. The minimum absolute atomic E-state index is 0.00200. The van der Waals surface area contributed by atoms with Crippen LogP contribution in [0.1, 0.15) is 22.5 Å². The highest BCUT2D eigenvalue weighted by Gasteiger charge is 2.16. The predicted octanol–water partition coefficient (Wildman–Crippen LogP) is 4.27. The summed E-state index contributed by atoms with van der Waals surface area (Å²) in [6.07, 6.45) is 1.80. The summed E-state index contributed by atoms with van der Waals surface area (Å²) in [5.41, 5.74) is 5.43. The van der Waals surface area contributed by atoms with Crippen molar-refractivity contribution >= 4 is 22.5 Å². The fraction of sp³-hybridized carbons (Fsp3) is 0.222. The number of fused-ring (bicyclic) bond motifs is 1. The third-order valence-corrected chi connectivity index (χ3v) is 4.30. The Labute approximate surface area is 134 Å². The Balaban J connectivity index is 2.61. The van der Waals surface area contributed by atoms with Gasteiger partial charge in [-0.15, -0.1) is 0 Å². The lowest BCUT2D eigenvalue weighted by Gasteiger charge is -2.20. The van der Waals surface area contributed by atoms with E-state index in [0.29, 0.717) is 10.4 Å². The molecule has 0 N–H and O–H groups in total. The fourth-order valence-electron chi connectivity index (χ4n) is 2.97. The molecule has 0 unspecified atom stereocenters. The molecule has 4 heteroatoms. The van der Waals surface area contributed by atoms with Crippen molar-refractivity contribution in [3.8, 4) is 5.69 Å². The second-order valence-electron chi connectivity index (χ2n) is 5.64. The SMILES string of the molecule is Cc1cccc(Cl)c1-n1c(C)cc(=O)c2c(C)ncc(C)c21. The van der Waals surface area contributed by atoms with Gasteiger partial charge in [0.15, 0.2) is 5.43 Å². The Hall–Kier alpha value is -2.13. The van der Waals surface area contributed by atoms with E-state index >= 15 is 0 Å². The molecule has 3 nitrogen and oxygen atoms in total. The standard InChI is InChI=1S/C18H17ClN2O/c1-10-6-5-7-14(19)17(10)21-12(3)8-15(22)16-13(4)20-9-11(2)18(16)21/h5-9H,1-4H3. The maximum atomic E-state index is 12.4. The summed E-state index contributed by atoms with van der Waals surface area (Å²) in [6, 6.07) is 7.48. The van der Waals surface area contributed by atoms with Crippen molar-refractivity contribution in [2.45, 2.75) is 27.7 Å². The van der Waals surface area contributed by atoms with Crippen LogP contribution in [0.25, 0.3) is 16.6 Å². The molecule has 0 saturated carbocycles. The Morgan fingerprint density at radius 3 is 2.50 bits per heavy atom. The normalized spacial score (nSPS) is 11.1. The van der Waals surface area contributed by atoms with Crippen molar-refractivity contribution < 1.29 is 0 Å². The van der Waals surface area contributed by atoms with Crippen LogP contribution in [0.2, 0.25) is 5.02 Å². The molecule has 0 bridgehead atoms. The van der Waals surface area contributed by atoms with Crippen molar-refractivity contribution in [2.75, 3.05) is 0 Å². The molecule has 0 saturated heterocycles. The number of para-hydroxylation sites is 1. The van der Waals surface area contributed by atoms with E-state index in [0.717, 1.165) is 33.7 Å². The molecule has 3 rings (SSSR count). The topological polar surface area (TPSA) is 34.9 Å². The number of nitrogens with zero attached hydrogens (tertiary/aromatic N) is 2. The third kappa shape index (κ3) is 2.13. The van der Waals surface area contributed by atoms with Crippen molar-refractivity contribution in [1.82, 2.24) is 9.55 Å². The first-order valence-corrected chi connectivity index (χ1v) is 7.53. The molecular formula is C18H17ClN2O. The summed E-state index contributed by atoms with van der Waals surface area (Å²) >= 11 is 6.45. The van der Waals surface area contributed by atoms with Gasteiger partial charge in [-0.25, -0.2) is 0 Å². The van der Waals surface area contributed by atoms with Crippen LogP contribution in [0.3, 0.4) is 0 Å². The Morgan fingerprint density at radius 2 is 1.82 bits per heavy atom. The van der Waals surface area contributed by atoms with Gasteiger partial charge < -0.3 is 4.57 Å². The van der Waals surface area contributed by atoms with Crippen LogP contribution >= 0.6 is 11.6 Å². The third-order valence-electron chi connectivity index (χ3n) is 4.00. The molecule has 0 radical (unpaired) electrons. The van der Waals surface area contributed by atoms with E-state index < -0.39 is 0 Å². The van der Waals surface area contributed by atoms with Gasteiger partial charge in [0.25, 0.3) is 0 Å². The lowest BCUT2D eigenvalue weighted by Crippen LogP contribution is -2.14. The molecule has 112 valence electrons. The minimum Gasteiger partial charge on any atom is -0.311 e. The second-order valence-corrected chi connectivity index (χ2v) is 6.05. The smallest absolute Gasteiger partial charge is 0.191 e. The van der Waals surface area contributed by atoms with Gasteiger partial charge in [-0.2, -0.15) is 0 Å². The fourth-order valence-corrected chi connectivity index (χ4v) is 3.27. The van der Waals surface area contributed by atoms with Gasteiger partial charge >= 0.3 is 0 Å². The maximum absolute atomic E-state index is 12.4. The Kier molecular flexibility index (Phi) is 3.53. The van der Waals surface area contributed by atoms with Crippen LogP contribution < -0.4 is 5.43 Å². The quantitative estimate of drug-likeness (QED) is 0.672.